The van der Waals surface area contributed by atoms with E-state index in [4.69, 9.17) is 14.2 Å². The summed E-state index contributed by atoms with van der Waals surface area (Å²) in [7, 11) is 0. The van der Waals surface area contributed by atoms with E-state index in [0.717, 1.165) is 19.4 Å². The average Bonchev–Trinajstić information content (AvgIpc) is 2.97. The molecule has 0 saturated carbocycles. The first-order valence-corrected chi connectivity index (χ1v) is 6.62. The van der Waals surface area contributed by atoms with Gasteiger partial charge in [-0.25, -0.2) is 0 Å². The Hall–Kier alpha value is -1.75. The normalized spacial score (nSPS) is 21.2. The Labute approximate surface area is 111 Å². The Kier molecular flexibility index (Phi) is 3.55. The Morgan fingerprint density at radius 1 is 1.21 bits per heavy atom. The van der Waals surface area contributed by atoms with Crippen molar-refractivity contribution in [3.63, 3.8) is 0 Å². The van der Waals surface area contributed by atoms with Crippen LogP contribution in [-0.2, 0) is 4.74 Å². The van der Waals surface area contributed by atoms with Gasteiger partial charge in [-0.05, 0) is 31.0 Å². The number of carbonyl (C=O) groups excluding carboxylic acids is 1. The van der Waals surface area contributed by atoms with Crippen molar-refractivity contribution in [1.82, 2.24) is 5.32 Å². The van der Waals surface area contributed by atoms with Crippen LogP contribution in [-0.4, -0.2) is 38.4 Å². The van der Waals surface area contributed by atoms with E-state index in [1.54, 1.807) is 18.2 Å². The molecule has 0 unspecified atom stereocenters. The van der Waals surface area contributed by atoms with E-state index in [9.17, 15) is 4.79 Å². The quantitative estimate of drug-likeness (QED) is 0.894. The largest absolute Gasteiger partial charge is 0.486 e. The molecule has 1 atom stereocenters. The van der Waals surface area contributed by atoms with Crippen molar-refractivity contribution in [2.24, 2.45) is 0 Å². The van der Waals surface area contributed by atoms with E-state index in [1.807, 2.05) is 0 Å². The zero-order chi connectivity index (χ0) is 13.1. The first kappa shape index (κ1) is 12.3. The van der Waals surface area contributed by atoms with Crippen LogP contribution in [0.25, 0.3) is 0 Å². The van der Waals surface area contributed by atoms with Crippen molar-refractivity contribution >= 4 is 5.91 Å². The summed E-state index contributed by atoms with van der Waals surface area (Å²) >= 11 is 0. The molecule has 0 bridgehead atoms. The molecule has 0 aliphatic carbocycles. The molecule has 5 heteroatoms. The molecular weight excluding hydrogens is 246 g/mol. The van der Waals surface area contributed by atoms with Crippen LogP contribution in [0.1, 0.15) is 23.2 Å². The maximum absolute atomic E-state index is 12.0. The summed E-state index contributed by atoms with van der Waals surface area (Å²) in [4.78, 5) is 12.0. The lowest BCUT2D eigenvalue weighted by molar-refractivity contribution is 0.0857. The van der Waals surface area contributed by atoms with Crippen LogP contribution >= 0.6 is 0 Å². The molecule has 2 aliphatic heterocycles. The lowest BCUT2D eigenvalue weighted by atomic mass is 10.1. The minimum Gasteiger partial charge on any atom is -0.486 e. The van der Waals surface area contributed by atoms with Gasteiger partial charge in [-0.3, -0.25) is 4.79 Å². The number of benzene rings is 1. The van der Waals surface area contributed by atoms with Gasteiger partial charge in [0, 0.05) is 18.7 Å². The Balaban J connectivity index is 1.62. The van der Waals surface area contributed by atoms with E-state index in [-0.39, 0.29) is 12.0 Å². The number of hydrogen-bond acceptors (Lipinski definition) is 4. The smallest absolute Gasteiger partial charge is 0.251 e. The Bertz CT molecular complexity index is 469. The number of carbonyl (C=O) groups is 1. The lowest BCUT2D eigenvalue weighted by Crippen LogP contribution is -2.31. The van der Waals surface area contributed by atoms with Gasteiger partial charge in [0.25, 0.3) is 5.91 Å². The van der Waals surface area contributed by atoms with E-state index in [1.165, 1.54) is 0 Å². The predicted molar refractivity (Wildman–Crippen MR) is 68.7 cm³/mol. The molecule has 102 valence electrons. The van der Waals surface area contributed by atoms with Crippen LogP contribution in [0.2, 0.25) is 0 Å². The second-order valence-electron chi connectivity index (χ2n) is 4.70. The van der Waals surface area contributed by atoms with Gasteiger partial charge < -0.3 is 19.5 Å². The molecule has 1 N–H and O–H groups in total. The van der Waals surface area contributed by atoms with Crippen molar-refractivity contribution in [1.29, 1.82) is 0 Å². The Morgan fingerprint density at radius 2 is 2.05 bits per heavy atom. The summed E-state index contributed by atoms with van der Waals surface area (Å²) in [5.41, 5.74) is 0.585. The van der Waals surface area contributed by atoms with Crippen LogP contribution < -0.4 is 14.8 Å². The molecule has 2 heterocycles. The highest BCUT2D eigenvalue weighted by Gasteiger charge is 2.18. The third-order valence-corrected chi connectivity index (χ3v) is 3.32. The minimum absolute atomic E-state index is 0.104. The van der Waals surface area contributed by atoms with Crippen LogP contribution in [0, 0.1) is 0 Å². The summed E-state index contributed by atoms with van der Waals surface area (Å²) in [5.74, 6) is 1.23. The number of amides is 1. The van der Waals surface area contributed by atoms with Crippen LogP contribution in [0.15, 0.2) is 18.2 Å². The fraction of sp³-hybridized carbons (Fsp3) is 0.500. The summed E-state index contributed by atoms with van der Waals surface area (Å²) in [5, 5.41) is 2.89. The lowest BCUT2D eigenvalue weighted by Gasteiger charge is -2.19. The van der Waals surface area contributed by atoms with Crippen molar-refractivity contribution in [2.75, 3.05) is 26.4 Å². The highest BCUT2D eigenvalue weighted by molar-refractivity contribution is 5.94. The van der Waals surface area contributed by atoms with Gasteiger partial charge in [-0.1, -0.05) is 0 Å². The van der Waals surface area contributed by atoms with Crippen molar-refractivity contribution in [3.8, 4) is 11.5 Å². The number of hydrogen-bond donors (Lipinski definition) is 1. The molecule has 5 nitrogen and oxygen atoms in total. The highest BCUT2D eigenvalue weighted by atomic mass is 16.6. The average molecular weight is 263 g/mol. The molecule has 1 aromatic carbocycles. The van der Waals surface area contributed by atoms with Crippen molar-refractivity contribution in [3.05, 3.63) is 23.8 Å². The molecule has 1 saturated heterocycles. The van der Waals surface area contributed by atoms with Crippen LogP contribution in [0.4, 0.5) is 0 Å². The summed E-state index contributed by atoms with van der Waals surface area (Å²) in [6, 6.07) is 5.24. The molecular formula is C14H17NO4. The predicted octanol–water partition coefficient (Wildman–Crippen LogP) is 1.37. The van der Waals surface area contributed by atoms with E-state index >= 15 is 0 Å². The topological polar surface area (TPSA) is 56.8 Å². The zero-order valence-electron chi connectivity index (χ0n) is 10.7. The molecule has 0 spiro atoms. The maximum atomic E-state index is 12.0. The van der Waals surface area contributed by atoms with E-state index < -0.39 is 0 Å². The van der Waals surface area contributed by atoms with Gasteiger partial charge >= 0.3 is 0 Å². The number of rotatable bonds is 3. The highest BCUT2D eigenvalue weighted by Crippen LogP contribution is 2.30. The second-order valence-corrected chi connectivity index (χ2v) is 4.70. The van der Waals surface area contributed by atoms with Gasteiger partial charge in [0.1, 0.15) is 13.2 Å². The summed E-state index contributed by atoms with van der Waals surface area (Å²) in [6.45, 7) is 2.43. The van der Waals surface area contributed by atoms with E-state index in [2.05, 4.69) is 5.32 Å². The van der Waals surface area contributed by atoms with E-state index in [0.29, 0.717) is 36.8 Å². The summed E-state index contributed by atoms with van der Waals surface area (Å²) < 4.78 is 16.4. The van der Waals surface area contributed by atoms with Gasteiger partial charge in [-0.2, -0.15) is 0 Å². The van der Waals surface area contributed by atoms with Gasteiger partial charge in [-0.15, -0.1) is 0 Å². The first-order valence-electron chi connectivity index (χ1n) is 6.62. The fourth-order valence-corrected chi connectivity index (χ4v) is 2.30. The maximum Gasteiger partial charge on any atom is 0.251 e. The number of nitrogens with one attached hydrogen (secondary N) is 1. The third-order valence-electron chi connectivity index (χ3n) is 3.32. The third kappa shape index (κ3) is 2.81. The van der Waals surface area contributed by atoms with Crippen LogP contribution in [0.5, 0.6) is 11.5 Å². The molecule has 0 radical (unpaired) electrons. The number of fused-ring (bicyclic) bond motifs is 1. The molecule has 3 rings (SSSR count). The van der Waals surface area contributed by atoms with Crippen molar-refractivity contribution in [2.45, 2.75) is 18.9 Å². The van der Waals surface area contributed by atoms with Crippen molar-refractivity contribution < 1.29 is 19.0 Å². The first-order chi connectivity index (χ1) is 9.33. The standard InChI is InChI=1S/C14H17NO4/c16-14(15-9-11-2-1-5-17-11)10-3-4-12-13(8-10)19-7-6-18-12/h3-4,8,11H,1-2,5-7,9H2,(H,15,16)/t11-/m0/s1. The van der Waals surface area contributed by atoms with Gasteiger partial charge in [0.15, 0.2) is 11.5 Å². The second kappa shape index (κ2) is 5.48. The number of ether oxygens (including phenoxy) is 3. The van der Waals surface area contributed by atoms with Gasteiger partial charge in [0.2, 0.25) is 0 Å². The molecule has 0 aromatic heterocycles. The molecule has 1 fully saturated rings. The fourth-order valence-electron chi connectivity index (χ4n) is 2.30. The van der Waals surface area contributed by atoms with Crippen LogP contribution in [0.3, 0.4) is 0 Å². The molecule has 2 aliphatic rings. The molecule has 19 heavy (non-hydrogen) atoms. The Morgan fingerprint density at radius 3 is 2.84 bits per heavy atom. The van der Waals surface area contributed by atoms with Gasteiger partial charge in [0.05, 0.1) is 6.10 Å². The zero-order valence-corrected chi connectivity index (χ0v) is 10.7. The molecule has 1 amide bonds. The molecule has 1 aromatic rings. The summed E-state index contributed by atoms with van der Waals surface area (Å²) in [6.07, 6.45) is 2.24. The minimum atomic E-state index is -0.104. The monoisotopic (exact) mass is 263 g/mol. The SMILES string of the molecule is O=C(NC[C@@H]1CCCO1)c1ccc2c(c1)OCCO2.